The van der Waals surface area contributed by atoms with Gasteiger partial charge < -0.3 is 5.32 Å². The number of thiophene rings is 1. The standard InChI is InChI=1S/C10H15NS/c1-8-3-5-12-10(8)6-9-2-4-11-7-9/h3,5,9,11H,2,4,6-7H2,1H3/t9-/m1/s1. The van der Waals surface area contributed by atoms with Gasteiger partial charge in [0.2, 0.25) is 0 Å². The third-order valence-corrected chi connectivity index (χ3v) is 3.65. The maximum absolute atomic E-state index is 3.41. The van der Waals surface area contributed by atoms with Gasteiger partial charge in [-0.2, -0.15) is 0 Å². The van der Waals surface area contributed by atoms with E-state index in [0.717, 1.165) is 5.92 Å². The molecule has 2 rings (SSSR count). The lowest BCUT2D eigenvalue weighted by Gasteiger charge is -2.06. The second-order valence-corrected chi connectivity index (χ2v) is 4.59. The molecule has 0 saturated carbocycles. The van der Waals surface area contributed by atoms with Crippen LogP contribution in [0.15, 0.2) is 11.4 Å². The molecule has 0 aliphatic carbocycles. The van der Waals surface area contributed by atoms with Crippen LogP contribution in [-0.2, 0) is 6.42 Å². The van der Waals surface area contributed by atoms with Crippen molar-refractivity contribution in [2.24, 2.45) is 5.92 Å². The first-order valence-electron chi connectivity index (χ1n) is 4.60. The number of nitrogens with one attached hydrogen (secondary N) is 1. The molecule has 1 aliphatic rings. The molecule has 0 unspecified atom stereocenters. The predicted molar refractivity (Wildman–Crippen MR) is 53.7 cm³/mol. The first kappa shape index (κ1) is 8.27. The van der Waals surface area contributed by atoms with Gasteiger partial charge in [0.1, 0.15) is 0 Å². The molecule has 1 saturated heterocycles. The minimum absolute atomic E-state index is 0.891. The van der Waals surface area contributed by atoms with Crippen LogP contribution >= 0.6 is 11.3 Å². The zero-order valence-corrected chi connectivity index (χ0v) is 8.29. The van der Waals surface area contributed by atoms with Gasteiger partial charge in [0.05, 0.1) is 0 Å². The molecular weight excluding hydrogens is 166 g/mol. The van der Waals surface area contributed by atoms with Gasteiger partial charge >= 0.3 is 0 Å². The van der Waals surface area contributed by atoms with Crippen molar-refractivity contribution in [1.29, 1.82) is 0 Å². The van der Waals surface area contributed by atoms with Crippen LogP contribution in [-0.4, -0.2) is 13.1 Å². The summed E-state index contributed by atoms with van der Waals surface area (Å²) in [5.74, 6) is 0.891. The van der Waals surface area contributed by atoms with E-state index in [9.17, 15) is 0 Å². The van der Waals surface area contributed by atoms with Crippen molar-refractivity contribution in [2.45, 2.75) is 19.8 Å². The largest absolute Gasteiger partial charge is 0.316 e. The van der Waals surface area contributed by atoms with Crippen molar-refractivity contribution in [3.63, 3.8) is 0 Å². The van der Waals surface area contributed by atoms with Gasteiger partial charge in [-0.3, -0.25) is 0 Å². The Morgan fingerprint density at radius 2 is 2.58 bits per heavy atom. The van der Waals surface area contributed by atoms with Gasteiger partial charge in [-0.15, -0.1) is 11.3 Å². The molecular formula is C10H15NS. The summed E-state index contributed by atoms with van der Waals surface area (Å²) >= 11 is 1.91. The second kappa shape index (κ2) is 3.58. The lowest BCUT2D eigenvalue weighted by molar-refractivity contribution is 0.584. The molecule has 66 valence electrons. The summed E-state index contributed by atoms with van der Waals surface area (Å²) in [6.45, 7) is 4.65. The Kier molecular flexibility index (Phi) is 2.47. The third-order valence-electron chi connectivity index (χ3n) is 2.60. The molecule has 2 heterocycles. The summed E-state index contributed by atoms with van der Waals surface area (Å²) in [4.78, 5) is 1.59. The first-order valence-corrected chi connectivity index (χ1v) is 5.48. The lowest BCUT2D eigenvalue weighted by Crippen LogP contribution is -2.10. The Morgan fingerprint density at radius 1 is 1.67 bits per heavy atom. The smallest absolute Gasteiger partial charge is 0.00776 e. The van der Waals surface area contributed by atoms with E-state index in [4.69, 9.17) is 0 Å². The molecule has 0 aromatic carbocycles. The Morgan fingerprint density at radius 3 is 3.17 bits per heavy atom. The molecule has 1 N–H and O–H groups in total. The molecule has 0 radical (unpaired) electrons. The van der Waals surface area contributed by atoms with Gasteiger partial charge in [0.25, 0.3) is 0 Å². The van der Waals surface area contributed by atoms with Crippen molar-refractivity contribution in [3.8, 4) is 0 Å². The van der Waals surface area contributed by atoms with Crippen LogP contribution in [0.4, 0.5) is 0 Å². The average molecular weight is 181 g/mol. The normalized spacial score (nSPS) is 23.2. The van der Waals surface area contributed by atoms with E-state index >= 15 is 0 Å². The van der Waals surface area contributed by atoms with Crippen LogP contribution in [0.2, 0.25) is 0 Å². The van der Waals surface area contributed by atoms with Crippen LogP contribution in [0.1, 0.15) is 16.9 Å². The highest BCUT2D eigenvalue weighted by atomic mass is 32.1. The van der Waals surface area contributed by atoms with E-state index in [1.807, 2.05) is 11.3 Å². The van der Waals surface area contributed by atoms with Gasteiger partial charge in [0, 0.05) is 4.88 Å². The highest BCUT2D eigenvalue weighted by Gasteiger charge is 2.15. The maximum atomic E-state index is 3.41. The Balaban J connectivity index is 1.98. The van der Waals surface area contributed by atoms with Crippen LogP contribution in [0.25, 0.3) is 0 Å². The zero-order chi connectivity index (χ0) is 8.39. The summed E-state index contributed by atoms with van der Waals surface area (Å²) in [5, 5.41) is 5.61. The number of aryl methyl sites for hydroxylation is 1. The zero-order valence-electron chi connectivity index (χ0n) is 7.47. The number of rotatable bonds is 2. The molecule has 1 aromatic heterocycles. The Hall–Kier alpha value is -0.340. The molecule has 0 bridgehead atoms. The quantitative estimate of drug-likeness (QED) is 0.737. The van der Waals surface area contributed by atoms with Crippen molar-refractivity contribution >= 4 is 11.3 Å². The van der Waals surface area contributed by atoms with E-state index in [0.29, 0.717) is 0 Å². The van der Waals surface area contributed by atoms with Gasteiger partial charge in [-0.1, -0.05) is 0 Å². The number of hydrogen-bond acceptors (Lipinski definition) is 2. The molecule has 2 heteroatoms. The summed E-state index contributed by atoms with van der Waals surface area (Å²) in [6.07, 6.45) is 2.65. The van der Waals surface area contributed by atoms with Crippen molar-refractivity contribution in [3.05, 3.63) is 21.9 Å². The van der Waals surface area contributed by atoms with Crippen molar-refractivity contribution in [2.75, 3.05) is 13.1 Å². The number of hydrogen-bond donors (Lipinski definition) is 1. The fourth-order valence-electron chi connectivity index (χ4n) is 1.76. The van der Waals surface area contributed by atoms with Crippen molar-refractivity contribution in [1.82, 2.24) is 5.32 Å². The minimum Gasteiger partial charge on any atom is -0.316 e. The van der Waals surface area contributed by atoms with Gasteiger partial charge in [-0.25, -0.2) is 0 Å². The van der Waals surface area contributed by atoms with E-state index in [2.05, 4.69) is 23.7 Å². The monoisotopic (exact) mass is 181 g/mol. The molecule has 1 fully saturated rings. The molecule has 1 aliphatic heterocycles. The average Bonchev–Trinajstić information content (AvgIpc) is 2.65. The topological polar surface area (TPSA) is 12.0 Å². The molecule has 1 nitrogen and oxygen atoms in total. The van der Waals surface area contributed by atoms with Crippen LogP contribution < -0.4 is 5.32 Å². The fourth-order valence-corrected chi connectivity index (χ4v) is 2.79. The summed E-state index contributed by atoms with van der Waals surface area (Å²) in [7, 11) is 0. The second-order valence-electron chi connectivity index (χ2n) is 3.59. The van der Waals surface area contributed by atoms with Gasteiger partial charge in [0.15, 0.2) is 0 Å². The Bertz CT molecular complexity index is 248. The van der Waals surface area contributed by atoms with Gasteiger partial charge in [-0.05, 0) is 55.8 Å². The third kappa shape index (κ3) is 1.70. The minimum atomic E-state index is 0.891. The van der Waals surface area contributed by atoms with E-state index in [1.165, 1.54) is 31.5 Å². The highest BCUT2D eigenvalue weighted by Crippen LogP contribution is 2.22. The van der Waals surface area contributed by atoms with Crippen LogP contribution in [0, 0.1) is 12.8 Å². The fraction of sp³-hybridized carbons (Fsp3) is 0.600. The molecule has 1 atom stereocenters. The van der Waals surface area contributed by atoms with E-state index in [-0.39, 0.29) is 0 Å². The molecule has 0 spiro atoms. The SMILES string of the molecule is Cc1ccsc1C[C@H]1CCNC1. The van der Waals surface area contributed by atoms with Crippen LogP contribution in [0.3, 0.4) is 0 Å². The van der Waals surface area contributed by atoms with E-state index < -0.39 is 0 Å². The molecule has 1 aromatic rings. The van der Waals surface area contributed by atoms with Crippen LogP contribution in [0.5, 0.6) is 0 Å². The first-order chi connectivity index (χ1) is 5.86. The van der Waals surface area contributed by atoms with E-state index in [1.54, 1.807) is 4.88 Å². The van der Waals surface area contributed by atoms with Crippen molar-refractivity contribution < 1.29 is 0 Å². The summed E-state index contributed by atoms with van der Waals surface area (Å²) in [5.41, 5.74) is 1.48. The summed E-state index contributed by atoms with van der Waals surface area (Å²) in [6, 6.07) is 2.22. The summed E-state index contributed by atoms with van der Waals surface area (Å²) < 4.78 is 0. The highest BCUT2D eigenvalue weighted by molar-refractivity contribution is 7.10. The molecule has 0 amide bonds. The Labute approximate surface area is 77.8 Å². The maximum Gasteiger partial charge on any atom is 0.00776 e. The molecule has 12 heavy (non-hydrogen) atoms. The predicted octanol–water partition coefficient (Wildman–Crippen LogP) is 2.21. The lowest BCUT2D eigenvalue weighted by atomic mass is 10.0.